The second kappa shape index (κ2) is 9.70. The Kier molecular flexibility index (Phi) is 5.75. The second-order valence-electron chi connectivity index (χ2n) is 9.67. The molecule has 39 heavy (non-hydrogen) atoms. The Balaban J connectivity index is 1.37. The zero-order valence-electron chi connectivity index (χ0n) is 21.3. The maximum Gasteiger partial charge on any atom is 0.136 e. The summed E-state index contributed by atoms with van der Waals surface area (Å²) in [5, 5.41) is 2.26. The fourth-order valence-corrected chi connectivity index (χ4v) is 5.33. The number of rotatable bonds is 5. The average Bonchev–Trinajstić information content (AvgIpc) is 3.38. The molecule has 1 heterocycles. The number of hydrogen-bond donors (Lipinski definition) is 0. The van der Waals surface area contributed by atoms with Crippen molar-refractivity contribution in [2.24, 2.45) is 0 Å². The first kappa shape index (κ1) is 23.1. The molecular formula is C36H24BNO. The van der Waals surface area contributed by atoms with Crippen LogP contribution < -0.4 is 10.4 Å². The molecule has 1 aromatic heterocycles. The van der Waals surface area contributed by atoms with Gasteiger partial charge in [-0.25, -0.2) is 0 Å². The first-order chi connectivity index (χ1) is 19.2. The zero-order valence-corrected chi connectivity index (χ0v) is 21.3. The summed E-state index contributed by atoms with van der Waals surface area (Å²) in [5.41, 5.74) is 10.4. The molecule has 0 aliphatic heterocycles. The minimum absolute atomic E-state index is 0.741. The molecule has 182 valence electrons. The zero-order chi connectivity index (χ0) is 26.2. The third-order valence-corrected chi connectivity index (χ3v) is 7.20. The molecule has 6 aromatic carbocycles. The molecule has 7 rings (SSSR count). The largest absolute Gasteiger partial charge is 0.456 e. The van der Waals surface area contributed by atoms with Gasteiger partial charge in [0.2, 0.25) is 0 Å². The van der Waals surface area contributed by atoms with Crippen LogP contribution in [-0.2, 0) is 0 Å². The highest BCUT2D eigenvalue weighted by molar-refractivity contribution is 6.32. The van der Waals surface area contributed by atoms with E-state index >= 15 is 0 Å². The van der Waals surface area contributed by atoms with Crippen LogP contribution in [0.5, 0.6) is 0 Å². The van der Waals surface area contributed by atoms with Crippen molar-refractivity contribution in [1.82, 2.24) is 0 Å². The second-order valence-corrected chi connectivity index (χ2v) is 9.67. The molecule has 0 aliphatic carbocycles. The summed E-state index contributed by atoms with van der Waals surface area (Å²) in [7, 11) is 6.05. The van der Waals surface area contributed by atoms with Crippen molar-refractivity contribution in [3.05, 3.63) is 146 Å². The fourth-order valence-electron chi connectivity index (χ4n) is 5.33. The van der Waals surface area contributed by atoms with Crippen molar-refractivity contribution in [2.45, 2.75) is 0 Å². The van der Waals surface area contributed by atoms with Gasteiger partial charge in [-0.05, 0) is 70.8 Å². The Labute approximate surface area is 229 Å². The van der Waals surface area contributed by atoms with Crippen molar-refractivity contribution >= 4 is 52.3 Å². The van der Waals surface area contributed by atoms with Gasteiger partial charge < -0.3 is 9.32 Å². The van der Waals surface area contributed by atoms with Gasteiger partial charge >= 0.3 is 0 Å². The van der Waals surface area contributed by atoms with Gasteiger partial charge in [0.05, 0.1) is 0 Å². The number of hydrogen-bond acceptors (Lipinski definition) is 2. The summed E-state index contributed by atoms with van der Waals surface area (Å²) >= 11 is 0. The summed E-state index contributed by atoms with van der Waals surface area (Å²) < 4.78 is 6.17. The van der Waals surface area contributed by atoms with E-state index in [1.54, 1.807) is 0 Å². The molecule has 2 nitrogen and oxygen atoms in total. The Morgan fingerprint density at radius 3 is 1.87 bits per heavy atom. The van der Waals surface area contributed by atoms with Gasteiger partial charge in [0.15, 0.2) is 0 Å². The normalized spacial score (nSPS) is 11.2. The van der Waals surface area contributed by atoms with Crippen LogP contribution in [0.3, 0.4) is 0 Å². The third-order valence-electron chi connectivity index (χ3n) is 7.20. The van der Waals surface area contributed by atoms with Gasteiger partial charge in [-0.2, -0.15) is 0 Å². The molecule has 0 spiro atoms. The quantitative estimate of drug-likeness (QED) is 0.221. The standard InChI is InChI=1S/C36H24BNO/c37-28-18-22-30(23-19-28)38(29-20-16-26(17-21-29)25-8-2-1-3-9-25)31-11-6-10-27(24-31)32-13-7-15-35-36(32)33-12-4-5-14-34(33)39-35/h1-24H. The summed E-state index contributed by atoms with van der Waals surface area (Å²) in [6, 6.07) is 50.4. The molecule has 0 atom stereocenters. The van der Waals surface area contributed by atoms with Crippen molar-refractivity contribution in [3.63, 3.8) is 0 Å². The summed E-state index contributed by atoms with van der Waals surface area (Å²) in [5.74, 6) is 0. The molecule has 3 heteroatoms. The van der Waals surface area contributed by atoms with Crippen LogP contribution in [0, 0.1) is 0 Å². The smallest absolute Gasteiger partial charge is 0.136 e. The van der Waals surface area contributed by atoms with Crippen molar-refractivity contribution in [3.8, 4) is 22.3 Å². The highest BCUT2D eigenvalue weighted by Crippen LogP contribution is 2.40. The molecule has 7 aromatic rings. The molecule has 0 aliphatic rings. The van der Waals surface area contributed by atoms with Crippen LogP contribution in [0.4, 0.5) is 17.1 Å². The summed E-state index contributed by atoms with van der Waals surface area (Å²) in [6.07, 6.45) is 0. The predicted molar refractivity (Wildman–Crippen MR) is 165 cm³/mol. The van der Waals surface area contributed by atoms with Gasteiger partial charge in [0.25, 0.3) is 0 Å². The van der Waals surface area contributed by atoms with Crippen LogP contribution in [0.1, 0.15) is 0 Å². The Hall–Kier alpha value is -5.02. The van der Waals surface area contributed by atoms with Gasteiger partial charge in [0.1, 0.15) is 19.0 Å². The molecule has 0 fully saturated rings. The maximum atomic E-state index is 6.17. The Morgan fingerprint density at radius 1 is 0.462 bits per heavy atom. The van der Waals surface area contributed by atoms with Crippen LogP contribution in [0.25, 0.3) is 44.2 Å². The number of nitrogens with zero attached hydrogens (tertiary/aromatic N) is 1. The molecule has 2 radical (unpaired) electrons. The number of para-hydroxylation sites is 1. The van der Waals surface area contributed by atoms with Crippen molar-refractivity contribution in [1.29, 1.82) is 0 Å². The van der Waals surface area contributed by atoms with Crippen LogP contribution in [0.15, 0.2) is 150 Å². The molecule has 0 saturated heterocycles. The first-order valence-electron chi connectivity index (χ1n) is 13.1. The van der Waals surface area contributed by atoms with E-state index in [-0.39, 0.29) is 0 Å². The lowest BCUT2D eigenvalue weighted by molar-refractivity contribution is 0.669. The van der Waals surface area contributed by atoms with E-state index in [2.05, 4.69) is 114 Å². The lowest BCUT2D eigenvalue weighted by atomic mass is 9.96. The van der Waals surface area contributed by atoms with E-state index in [4.69, 9.17) is 12.3 Å². The highest BCUT2D eigenvalue weighted by atomic mass is 16.3. The number of anilines is 3. The molecule has 0 amide bonds. The van der Waals surface area contributed by atoms with Crippen LogP contribution >= 0.6 is 0 Å². The maximum absolute atomic E-state index is 6.17. The molecular weight excluding hydrogens is 473 g/mol. The van der Waals surface area contributed by atoms with Crippen LogP contribution in [-0.4, -0.2) is 7.85 Å². The van der Waals surface area contributed by atoms with E-state index in [0.717, 1.165) is 55.6 Å². The van der Waals surface area contributed by atoms with Gasteiger partial charge in [-0.1, -0.05) is 103 Å². The Bertz CT molecular complexity index is 1910. The number of furan rings is 1. The van der Waals surface area contributed by atoms with E-state index in [0.29, 0.717) is 0 Å². The lowest BCUT2D eigenvalue weighted by Crippen LogP contribution is -2.11. The fraction of sp³-hybridized carbons (Fsp3) is 0. The SMILES string of the molecule is [B]c1ccc(N(c2ccc(-c3ccccc3)cc2)c2cccc(-c3cccc4oc5ccccc5c34)c2)cc1. The summed E-state index contributed by atoms with van der Waals surface area (Å²) in [6.45, 7) is 0. The third kappa shape index (κ3) is 4.28. The van der Waals surface area contributed by atoms with E-state index in [1.807, 2.05) is 36.4 Å². The van der Waals surface area contributed by atoms with Gasteiger partial charge in [0, 0.05) is 27.8 Å². The van der Waals surface area contributed by atoms with E-state index in [9.17, 15) is 0 Å². The minimum atomic E-state index is 0.741. The van der Waals surface area contributed by atoms with Crippen molar-refractivity contribution in [2.75, 3.05) is 4.90 Å². The molecule has 0 unspecified atom stereocenters. The van der Waals surface area contributed by atoms with Gasteiger partial charge in [-0.3, -0.25) is 0 Å². The first-order valence-corrected chi connectivity index (χ1v) is 13.1. The Morgan fingerprint density at radius 2 is 1.08 bits per heavy atom. The molecule has 0 bridgehead atoms. The lowest BCUT2D eigenvalue weighted by Gasteiger charge is -2.26. The predicted octanol–water partition coefficient (Wildman–Crippen LogP) is 9.18. The van der Waals surface area contributed by atoms with E-state index in [1.165, 1.54) is 11.1 Å². The van der Waals surface area contributed by atoms with Crippen molar-refractivity contribution < 1.29 is 4.42 Å². The topological polar surface area (TPSA) is 16.4 Å². The average molecular weight is 497 g/mol. The molecule has 0 saturated carbocycles. The van der Waals surface area contributed by atoms with E-state index < -0.39 is 0 Å². The highest BCUT2D eigenvalue weighted by Gasteiger charge is 2.16. The summed E-state index contributed by atoms with van der Waals surface area (Å²) in [4.78, 5) is 2.27. The minimum Gasteiger partial charge on any atom is -0.456 e. The molecule has 0 N–H and O–H groups in total. The van der Waals surface area contributed by atoms with Crippen LogP contribution in [0.2, 0.25) is 0 Å². The monoisotopic (exact) mass is 497 g/mol. The number of fused-ring (bicyclic) bond motifs is 3. The number of benzene rings is 6. The van der Waals surface area contributed by atoms with Gasteiger partial charge in [-0.15, -0.1) is 0 Å².